The summed E-state index contributed by atoms with van der Waals surface area (Å²) in [6, 6.07) is 4.15. The maximum atomic E-state index is 12.5. The van der Waals surface area contributed by atoms with Crippen molar-refractivity contribution in [1.82, 2.24) is 14.8 Å². The van der Waals surface area contributed by atoms with Gasteiger partial charge in [0.15, 0.2) is 15.0 Å². The van der Waals surface area contributed by atoms with Crippen molar-refractivity contribution in [3.05, 3.63) is 50.4 Å². The molecule has 3 rings (SSSR count). The molecule has 1 aliphatic rings. The molecule has 9 nitrogen and oxygen atoms in total. The Kier molecular flexibility index (Phi) is 4.13. The molecule has 24 heavy (non-hydrogen) atoms. The van der Waals surface area contributed by atoms with E-state index in [-0.39, 0.29) is 27.6 Å². The molecular formula is C13H12N4O5S2. The molecular weight excluding hydrogens is 356 g/mol. The number of hydrogen-bond donors (Lipinski definition) is 0. The number of non-ortho nitro benzene ring substituents is 1. The van der Waals surface area contributed by atoms with E-state index >= 15 is 0 Å². The molecule has 11 heteroatoms. The van der Waals surface area contributed by atoms with Gasteiger partial charge < -0.3 is 0 Å². The summed E-state index contributed by atoms with van der Waals surface area (Å²) >= 11 is 1.28. The molecule has 0 amide bonds. The molecule has 2 heterocycles. The Morgan fingerprint density at radius 2 is 2.00 bits per heavy atom. The molecule has 1 aromatic carbocycles. The predicted molar refractivity (Wildman–Crippen MR) is 85.9 cm³/mol. The Hall–Kier alpha value is -2.27. The Balaban J connectivity index is 1.91. The molecule has 0 N–H and O–H groups in total. The van der Waals surface area contributed by atoms with Crippen LogP contribution in [0.4, 0.5) is 5.69 Å². The van der Waals surface area contributed by atoms with Gasteiger partial charge in [0.25, 0.3) is 11.2 Å². The minimum atomic E-state index is -3.70. The van der Waals surface area contributed by atoms with Crippen molar-refractivity contribution in [2.75, 3.05) is 11.5 Å². The van der Waals surface area contributed by atoms with Crippen molar-refractivity contribution in [1.29, 1.82) is 0 Å². The second-order valence-corrected chi connectivity index (χ2v) is 8.26. The van der Waals surface area contributed by atoms with Crippen LogP contribution in [0.25, 0.3) is 0 Å². The van der Waals surface area contributed by atoms with E-state index in [1.165, 1.54) is 35.4 Å². The fourth-order valence-corrected chi connectivity index (χ4v) is 5.13. The third-order valence-corrected chi connectivity index (χ3v) is 6.51. The van der Waals surface area contributed by atoms with E-state index in [1.807, 2.05) is 0 Å². The summed E-state index contributed by atoms with van der Waals surface area (Å²) in [5.41, 5.74) is -0.328. The third-order valence-electron chi connectivity index (χ3n) is 3.61. The van der Waals surface area contributed by atoms with Crippen molar-refractivity contribution in [2.45, 2.75) is 23.0 Å². The second-order valence-electron chi connectivity index (χ2n) is 5.24. The fraction of sp³-hybridized carbons (Fsp3) is 0.308. The topological polar surface area (TPSA) is 125 Å². The number of rotatable bonds is 4. The third kappa shape index (κ3) is 2.91. The van der Waals surface area contributed by atoms with Gasteiger partial charge in [-0.2, -0.15) is 0 Å². The molecule has 0 saturated heterocycles. The van der Waals surface area contributed by atoms with Crippen molar-refractivity contribution in [2.24, 2.45) is 0 Å². The van der Waals surface area contributed by atoms with E-state index in [0.29, 0.717) is 10.9 Å². The van der Waals surface area contributed by atoms with E-state index in [2.05, 4.69) is 10.2 Å². The first-order valence-corrected chi connectivity index (χ1v) is 9.49. The largest absolute Gasteiger partial charge is 0.280 e. The summed E-state index contributed by atoms with van der Waals surface area (Å²) < 4.78 is 26.4. The number of nitro benzene ring substituents is 1. The van der Waals surface area contributed by atoms with Crippen molar-refractivity contribution >= 4 is 27.3 Å². The van der Waals surface area contributed by atoms with Crippen LogP contribution in [-0.2, 0) is 9.84 Å². The summed E-state index contributed by atoms with van der Waals surface area (Å²) in [7, 11) is -3.70. The van der Waals surface area contributed by atoms with E-state index in [4.69, 9.17) is 0 Å². The Morgan fingerprint density at radius 1 is 1.33 bits per heavy atom. The number of aromatic nitrogens is 3. The quantitative estimate of drug-likeness (QED) is 0.577. The Labute approximate surface area is 140 Å². The van der Waals surface area contributed by atoms with Gasteiger partial charge in [-0.3, -0.25) is 19.5 Å². The number of fused-ring (bicyclic) bond motifs is 1. The fourth-order valence-electron chi connectivity index (χ4n) is 2.38. The molecule has 1 atom stereocenters. The molecule has 1 aromatic heterocycles. The molecule has 0 fully saturated rings. The van der Waals surface area contributed by atoms with Gasteiger partial charge in [-0.15, -0.1) is 10.2 Å². The van der Waals surface area contributed by atoms with E-state index < -0.39 is 20.8 Å². The summed E-state index contributed by atoms with van der Waals surface area (Å²) in [4.78, 5) is 22.2. The highest BCUT2D eigenvalue weighted by Crippen LogP contribution is 2.31. The highest BCUT2D eigenvalue weighted by molar-refractivity contribution is 7.99. The molecule has 2 aromatic rings. The summed E-state index contributed by atoms with van der Waals surface area (Å²) in [5, 5.41) is 18.7. The lowest BCUT2D eigenvalue weighted by Crippen LogP contribution is -2.31. The van der Waals surface area contributed by atoms with E-state index in [1.54, 1.807) is 0 Å². The summed E-state index contributed by atoms with van der Waals surface area (Å²) in [6.45, 7) is 1.52. The molecule has 126 valence electrons. The summed E-state index contributed by atoms with van der Waals surface area (Å²) in [6.07, 6.45) is 0. The van der Waals surface area contributed by atoms with Gasteiger partial charge in [0.1, 0.15) is 5.69 Å². The van der Waals surface area contributed by atoms with Crippen LogP contribution in [0.5, 0.6) is 0 Å². The van der Waals surface area contributed by atoms with Gasteiger partial charge >= 0.3 is 0 Å². The van der Waals surface area contributed by atoms with Crippen LogP contribution in [-0.4, -0.2) is 39.6 Å². The molecule has 0 spiro atoms. The zero-order valence-electron chi connectivity index (χ0n) is 12.4. The van der Waals surface area contributed by atoms with E-state index in [0.717, 1.165) is 12.1 Å². The minimum Gasteiger partial charge on any atom is -0.280 e. The molecule has 0 radical (unpaired) electrons. The Bertz CT molecular complexity index is 969. The molecule has 0 aliphatic carbocycles. The first kappa shape index (κ1) is 16.6. The molecule has 0 unspecified atom stereocenters. The number of thioether (sulfide) groups is 1. The van der Waals surface area contributed by atoms with Crippen LogP contribution >= 0.6 is 11.8 Å². The van der Waals surface area contributed by atoms with Crippen LogP contribution in [0.3, 0.4) is 0 Å². The number of benzene rings is 1. The normalized spacial score (nSPS) is 16.8. The maximum absolute atomic E-state index is 12.5. The van der Waals surface area contributed by atoms with Gasteiger partial charge in [0.2, 0.25) is 0 Å². The van der Waals surface area contributed by atoms with Crippen molar-refractivity contribution < 1.29 is 13.3 Å². The number of hydrogen-bond acceptors (Lipinski definition) is 8. The van der Waals surface area contributed by atoms with Crippen molar-refractivity contribution in [3.8, 4) is 0 Å². The smallest absolute Gasteiger partial charge is 0.276 e. The summed E-state index contributed by atoms with van der Waals surface area (Å²) in [5.74, 6) is 0.120. The van der Waals surface area contributed by atoms with Crippen LogP contribution in [0, 0.1) is 17.0 Å². The standard InChI is InChI=1S/C13H12N4O5S2/c1-8-12(18)16-10(6-23-13(16)15-14-8)7-24(21,22)11-4-2-9(3-5-11)17(19)20/h2-5,10H,6-7H2,1H3/t10-/m0/s1. The lowest BCUT2D eigenvalue weighted by molar-refractivity contribution is -0.384. The maximum Gasteiger partial charge on any atom is 0.276 e. The average molecular weight is 368 g/mol. The van der Waals surface area contributed by atoms with Gasteiger partial charge in [-0.05, 0) is 19.1 Å². The zero-order valence-corrected chi connectivity index (χ0v) is 14.1. The lowest BCUT2D eigenvalue weighted by atomic mass is 10.3. The average Bonchev–Trinajstić information content (AvgIpc) is 2.94. The van der Waals surface area contributed by atoms with Crippen molar-refractivity contribution in [3.63, 3.8) is 0 Å². The van der Waals surface area contributed by atoms with Crippen LogP contribution < -0.4 is 5.56 Å². The second kappa shape index (κ2) is 5.98. The highest BCUT2D eigenvalue weighted by Gasteiger charge is 2.31. The van der Waals surface area contributed by atoms with Crippen LogP contribution in [0.15, 0.2) is 39.1 Å². The van der Waals surface area contributed by atoms with Gasteiger partial charge in [0, 0.05) is 17.9 Å². The molecule has 0 bridgehead atoms. The van der Waals surface area contributed by atoms with Gasteiger partial charge in [-0.25, -0.2) is 8.42 Å². The SMILES string of the molecule is Cc1nnc2n(c1=O)[C@H](CS(=O)(=O)c1ccc([N+](=O)[O-])cc1)CS2. The zero-order chi connectivity index (χ0) is 17.5. The predicted octanol–water partition coefficient (Wildman–Crippen LogP) is 0.976. The monoisotopic (exact) mass is 368 g/mol. The van der Waals surface area contributed by atoms with Crippen LogP contribution in [0.1, 0.15) is 11.7 Å². The Morgan fingerprint density at radius 3 is 2.62 bits per heavy atom. The van der Waals surface area contributed by atoms with Gasteiger partial charge in [-0.1, -0.05) is 11.8 Å². The lowest BCUT2D eigenvalue weighted by Gasteiger charge is -2.13. The number of sulfone groups is 1. The van der Waals surface area contributed by atoms with E-state index in [9.17, 15) is 23.3 Å². The number of nitro groups is 1. The highest BCUT2D eigenvalue weighted by atomic mass is 32.2. The van der Waals surface area contributed by atoms with Crippen LogP contribution in [0.2, 0.25) is 0 Å². The molecule has 1 aliphatic heterocycles. The first-order chi connectivity index (χ1) is 11.3. The first-order valence-electron chi connectivity index (χ1n) is 6.85. The number of aryl methyl sites for hydroxylation is 1. The minimum absolute atomic E-state index is 0.0154. The van der Waals surface area contributed by atoms with Gasteiger partial charge in [0.05, 0.1) is 21.6 Å². The molecule has 0 saturated carbocycles. The number of nitrogens with zero attached hydrogens (tertiary/aromatic N) is 4.